The second-order valence-electron chi connectivity index (χ2n) is 0. The molecule has 10 heteroatoms. The summed E-state index contributed by atoms with van der Waals surface area (Å²) in [6.45, 7) is 0. The van der Waals surface area contributed by atoms with E-state index in [1.165, 1.54) is 0 Å². The van der Waals surface area contributed by atoms with Crippen LogP contribution in [0.2, 0.25) is 0 Å². The fourth-order valence-electron chi connectivity index (χ4n) is 0. The Morgan fingerprint density at radius 2 is 0.300 bits per heavy atom. The van der Waals surface area contributed by atoms with Crippen LogP contribution in [0.25, 0.3) is 0 Å². The molecular formula is Ag4Cu3Sn3. The molecule has 0 aromatic heterocycles. The van der Waals surface area contributed by atoms with Gasteiger partial charge in [0.1, 0.15) is 0 Å². The molecule has 0 atom stereocenters. The maximum absolute atomic E-state index is 0. The molecule has 0 saturated heterocycles. The maximum Gasteiger partial charge on any atom is 0 e. The van der Waals surface area contributed by atoms with Crippen LogP contribution in [0.4, 0.5) is 0 Å². The van der Waals surface area contributed by atoms with Gasteiger partial charge in [0.25, 0.3) is 0 Å². The molecule has 0 heterocycles. The third-order valence-electron chi connectivity index (χ3n) is 0. The first-order chi connectivity index (χ1) is 0. The molecule has 19 radical (unpaired) electrons. The standard InChI is InChI=1S/4Ag.3Cu.3Sn. The van der Waals surface area contributed by atoms with Gasteiger partial charge < -0.3 is 0 Å². The van der Waals surface area contributed by atoms with Gasteiger partial charge in [-0.3, -0.25) is 0 Å². The van der Waals surface area contributed by atoms with E-state index < -0.39 is 0 Å². The summed E-state index contributed by atoms with van der Waals surface area (Å²) in [5.41, 5.74) is 0. The summed E-state index contributed by atoms with van der Waals surface area (Å²) < 4.78 is 0. The van der Waals surface area contributed by atoms with Gasteiger partial charge in [0.15, 0.2) is 0 Å². The van der Waals surface area contributed by atoms with Gasteiger partial charge in [0.2, 0.25) is 0 Å². The fourth-order valence-corrected chi connectivity index (χ4v) is 0. The molecule has 0 nitrogen and oxygen atoms in total. The summed E-state index contributed by atoms with van der Waals surface area (Å²) in [7, 11) is 0. The van der Waals surface area contributed by atoms with Crippen molar-refractivity contribution in [3.05, 3.63) is 0 Å². The summed E-state index contributed by atoms with van der Waals surface area (Å²) in [5, 5.41) is 0. The predicted molar refractivity (Wildman–Crippen MR) is 17.3 cm³/mol. The average Bonchev–Trinajstić information content (AvgIpc) is 0. The van der Waals surface area contributed by atoms with Crippen LogP contribution in [-0.2, 0) is 141 Å². The smallest absolute Gasteiger partial charge is 0 e. The summed E-state index contributed by atoms with van der Waals surface area (Å²) in [6.07, 6.45) is 0. The summed E-state index contributed by atoms with van der Waals surface area (Å²) >= 11 is 0. The Balaban J connectivity index is 0. The van der Waals surface area contributed by atoms with Gasteiger partial charge in [-0.25, -0.2) is 0 Å². The van der Waals surface area contributed by atoms with Gasteiger partial charge in [-0.2, -0.15) is 0 Å². The van der Waals surface area contributed by atoms with Gasteiger partial charge in [0.05, 0.1) is 0 Å². The fraction of sp³-hybridized carbons (Fsp3) is 0. The molecule has 10 heavy (non-hydrogen) atoms. The van der Waals surface area contributed by atoms with E-state index in [-0.39, 0.29) is 212 Å². The maximum atomic E-state index is 0. The molecule has 89 valence electrons. The third-order valence-corrected chi connectivity index (χ3v) is 0. The van der Waals surface area contributed by atoms with Crippen molar-refractivity contribution in [3.63, 3.8) is 0 Å². The van der Waals surface area contributed by atoms with Gasteiger partial charge in [-0.15, -0.1) is 0 Å². The van der Waals surface area contributed by atoms with Crippen molar-refractivity contribution in [1.82, 2.24) is 0 Å². The molecule has 0 N–H and O–H groups in total. The van der Waals surface area contributed by atoms with Gasteiger partial charge >= 0.3 is 0 Å². The van der Waals surface area contributed by atoms with Crippen molar-refractivity contribution in [2.45, 2.75) is 0 Å². The van der Waals surface area contributed by atoms with Crippen LogP contribution < -0.4 is 0 Å². The van der Waals surface area contributed by atoms with E-state index in [9.17, 15) is 0 Å². The first-order valence-electron chi connectivity index (χ1n) is 0. The zero-order valence-electron chi connectivity index (χ0n) is 3.61. The van der Waals surface area contributed by atoms with Crippen molar-refractivity contribution in [2.24, 2.45) is 0 Å². The van der Waals surface area contributed by atoms with Crippen LogP contribution in [0.3, 0.4) is 0 Å². The van der Waals surface area contributed by atoms with Crippen LogP contribution >= 0.6 is 0 Å². The van der Waals surface area contributed by atoms with E-state index in [2.05, 4.69) is 0 Å². The molecule has 0 aliphatic carbocycles. The van der Waals surface area contributed by atoms with E-state index in [0.717, 1.165) is 0 Å². The van der Waals surface area contributed by atoms with Gasteiger partial charge in [0, 0.05) is 212 Å². The second-order valence-corrected chi connectivity index (χ2v) is 0. The topological polar surface area (TPSA) is 0 Å². The van der Waals surface area contributed by atoms with Crippen molar-refractivity contribution in [3.8, 4) is 0 Å². The van der Waals surface area contributed by atoms with Crippen LogP contribution in [0.1, 0.15) is 0 Å². The molecule has 0 aromatic carbocycles. The van der Waals surface area contributed by atoms with Crippen molar-refractivity contribution < 1.29 is 141 Å². The van der Waals surface area contributed by atoms with E-state index >= 15 is 0 Å². The molecule has 0 fully saturated rings. The Hall–Kier alpha value is 6.92. The average molecular weight is 978 g/mol. The Labute approximate surface area is 207 Å². The second kappa shape index (κ2) is 74.0. The molecule has 0 aromatic rings. The monoisotopic (exact) mass is 976 g/mol. The Bertz CT molecular complexity index is 15.7. The number of hydrogen-bond donors (Lipinski definition) is 0. The number of rotatable bonds is 0. The van der Waals surface area contributed by atoms with Crippen molar-refractivity contribution in [1.29, 1.82) is 0 Å². The number of hydrogen-bond acceptors (Lipinski definition) is 0. The summed E-state index contributed by atoms with van der Waals surface area (Å²) in [4.78, 5) is 0. The minimum Gasteiger partial charge on any atom is 0 e. The minimum atomic E-state index is 0. The van der Waals surface area contributed by atoms with E-state index in [1.54, 1.807) is 0 Å². The largest absolute Gasteiger partial charge is 0 e. The molecule has 0 spiro atoms. The van der Waals surface area contributed by atoms with Crippen molar-refractivity contribution >= 4 is 71.7 Å². The van der Waals surface area contributed by atoms with Crippen molar-refractivity contribution in [2.75, 3.05) is 0 Å². The molecule has 0 aliphatic rings. The summed E-state index contributed by atoms with van der Waals surface area (Å²) in [5.74, 6) is 0. The first kappa shape index (κ1) is 89.6. The minimum absolute atomic E-state index is 0. The zero-order chi connectivity index (χ0) is 0. The molecule has 0 bridgehead atoms. The normalized spacial score (nSPS) is 0. The molecule has 0 unspecified atom stereocenters. The molecule has 0 amide bonds. The van der Waals surface area contributed by atoms with Crippen LogP contribution in [0, 0.1) is 0 Å². The molecule has 0 rings (SSSR count). The Morgan fingerprint density at radius 1 is 0.300 bits per heavy atom. The van der Waals surface area contributed by atoms with E-state index in [4.69, 9.17) is 0 Å². The third kappa shape index (κ3) is 60.4. The van der Waals surface area contributed by atoms with E-state index in [0.29, 0.717) is 0 Å². The van der Waals surface area contributed by atoms with Gasteiger partial charge in [-0.1, -0.05) is 0 Å². The Kier molecular flexibility index (Phi) is 663. The summed E-state index contributed by atoms with van der Waals surface area (Å²) in [6, 6.07) is 0. The predicted octanol–water partition coefficient (Wildman–Crippen LogP) is -1.16. The first-order valence-corrected chi connectivity index (χ1v) is 0. The van der Waals surface area contributed by atoms with E-state index in [1.807, 2.05) is 0 Å². The van der Waals surface area contributed by atoms with Crippen LogP contribution in [-0.4, -0.2) is 71.7 Å². The van der Waals surface area contributed by atoms with Crippen LogP contribution in [0.15, 0.2) is 0 Å². The van der Waals surface area contributed by atoms with Gasteiger partial charge in [-0.05, 0) is 0 Å². The molecular weight excluding hydrogens is 978 g/mol. The SMILES string of the molecule is [Ag].[Ag].[Ag].[Ag].[Cu].[Cu].[Cu].[Sn].[Sn].[Sn]. The molecule has 0 aliphatic heterocycles. The zero-order valence-corrected chi connectivity index (χ0v) is 20.9. The Morgan fingerprint density at radius 3 is 0.300 bits per heavy atom. The quantitative estimate of drug-likeness (QED) is 0.270. The van der Waals surface area contributed by atoms with Crippen LogP contribution in [0.5, 0.6) is 0 Å². The molecule has 0 saturated carbocycles.